The number of nitrogens with one attached hydrogen (secondary N) is 1. The zero-order chi connectivity index (χ0) is 18.3. The minimum absolute atomic E-state index is 0.487. The van der Waals surface area contributed by atoms with Crippen LogP contribution < -0.4 is 10.2 Å². The van der Waals surface area contributed by atoms with Crippen molar-refractivity contribution in [2.24, 2.45) is 5.41 Å². The van der Waals surface area contributed by atoms with Gasteiger partial charge in [0.1, 0.15) is 0 Å². The van der Waals surface area contributed by atoms with Crippen molar-refractivity contribution in [3.8, 4) is 0 Å². The lowest BCUT2D eigenvalue weighted by molar-refractivity contribution is 0.148. The van der Waals surface area contributed by atoms with Crippen LogP contribution in [-0.2, 0) is 12.8 Å². The highest BCUT2D eigenvalue weighted by molar-refractivity contribution is 5.79. The van der Waals surface area contributed by atoms with E-state index in [4.69, 9.17) is 9.51 Å². The molecule has 2 aromatic heterocycles. The lowest BCUT2D eigenvalue weighted by Gasteiger charge is -2.52. The number of rotatable bonds is 4. The first-order valence-electron chi connectivity index (χ1n) is 9.70. The second kappa shape index (κ2) is 6.56. The highest BCUT2D eigenvalue weighted by Gasteiger charge is 2.44. The normalized spacial score (nSPS) is 18.8. The van der Waals surface area contributed by atoms with E-state index >= 15 is 0 Å². The van der Waals surface area contributed by atoms with Gasteiger partial charge in [0, 0.05) is 36.5 Å². The third kappa shape index (κ3) is 3.27. The molecule has 7 nitrogen and oxygen atoms in total. The molecule has 27 heavy (non-hydrogen) atoms. The molecular weight excluding hydrogens is 340 g/mol. The van der Waals surface area contributed by atoms with Crippen molar-refractivity contribution < 1.29 is 4.52 Å². The molecule has 140 valence electrons. The Morgan fingerprint density at radius 3 is 2.78 bits per heavy atom. The standard InChI is InChI=1S/C20H24N6O/c1-14-23-18(27-25-14)5-3-15-2-4-17-16(10-15)11-22-19(24-17)26-12-20(13-26)6-8-21-9-7-20/h2,4,10-11,21H,3,5-9,12-13H2,1H3. The second-order valence-corrected chi connectivity index (χ2v) is 7.90. The molecular formula is C20H24N6O. The summed E-state index contributed by atoms with van der Waals surface area (Å²) < 4.78 is 5.19. The minimum atomic E-state index is 0.487. The molecule has 0 radical (unpaired) electrons. The first-order valence-corrected chi connectivity index (χ1v) is 9.70. The molecule has 1 aromatic carbocycles. The number of piperidine rings is 1. The van der Waals surface area contributed by atoms with Crippen LogP contribution in [0.5, 0.6) is 0 Å². The number of nitrogens with zero attached hydrogens (tertiary/aromatic N) is 5. The maximum absolute atomic E-state index is 5.19. The first kappa shape index (κ1) is 16.6. The SMILES string of the molecule is Cc1noc(CCc2ccc3nc(N4CC5(CCNCC5)C4)ncc3c2)n1. The Morgan fingerprint density at radius 2 is 2.00 bits per heavy atom. The van der Waals surface area contributed by atoms with Crippen LogP contribution in [0.1, 0.15) is 30.1 Å². The number of hydrogen-bond donors (Lipinski definition) is 1. The molecule has 1 spiro atoms. The van der Waals surface area contributed by atoms with E-state index < -0.39 is 0 Å². The summed E-state index contributed by atoms with van der Waals surface area (Å²) in [5, 5.41) is 8.37. The molecule has 7 heteroatoms. The molecule has 3 aromatic rings. The summed E-state index contributed by atoms with van der Waals surface area (Å²) in [7, 11) is 0. The van der Waals surface area contributed by atoms with Gasteiger partial charge >= 0.3 is 0 Å². The Hall–Kier alpha value is -2.54. The van der Waals surface area contributed by atoms with Gasteiger partial charge in [-0.15, -0.1) is 0 Å². The third-order valence-corrected chi connectivity index (χ3v) is 5.83. The molecule has 0 amide bonds. The largest absolute Gasteiger partial charge is 0.340 e. The molecule has 2 aliphatic rings. The van der Waals surface area contributed by atoms with Crippen molar-refractivity contribution in [1.29, 1.82) is 0 Å². The quantitative estimate of drug-likeness (QED) is 0.761. The first-order chi connectivity index (χ1) is 13.2. The van der Waals surface area contributed by atoms with Gasteiger partial charge in [0.25, 0.3) is 0 Å². The minimum Gasteiger partial charge on any atom is -0.340 e. The molecule has 0 aliphatic carbocycles. The molecule has 1 N–H and O–H groups in total. The second-order valence-electron chi connectivity index (χ2n) is 7.90. The van der Waals surface area contributed by atoms with E-state index in [1.54, 1.807) is 0 Å². The van der Waals surface area contributed by atoms with Gasteiger partial charge in [0.05, 0.1) is 5.52 Å². The number of anilines is 1. The van der Waals surface area contributed by atoms with Crippen LogP contribution in [0.2, 0.25) is 0 Å². The topological polar surface area (TPSA) is 80.0 Å². The lowest BCUT2D eigenvalue weighted by atomic mass is 9.72. The van der Waals surface area contributed by atoms with Gasteiger partial charge in [-0.1, -0.05) is 11.2 Å². The highest BCUT2D eigenvalue weighted by atomic mass is 16.5. The van der Waals surface area contributed by atoms with Gasteiger partial charge in [-0.05, 0) is 57.0 Å². The maximum Gasteiger partial charge on any atom is 0.226 e. The Morgan fingerprint density at radius 1 is 1.15 bits per heavy atom. The fraction of sp³-hybridized carbons (Fsp3) is 0.500. The van der Waals surface area contributed by atoms with E-state index in [1.165, 1.54) is 18.4 Å². The van der Waals surface area contributed by atoms with E-state index in [9.17, 15) is 0 Å². The van der Waals surface area contributed by atoms with Crippen LogP contribution in [0, 0.1) is 12.3 Å². The number of aromatic nitrogens is 4. The van der Waals surface area contributed by atoms with Gasteiger partial charge in [-0.3, -0.25) is 0 Å². The number of hydrogen-bond acceptors (Lipinski definition) is 7. The van der Waals surface area contributed by atoms with E-state index in [-0.39, 0.29) is 0 Å². The van der Waals surface area contributed by atoms with Crippen molar-refractivity contribution in [1.82, 2.24) is 25.4 Å². The van der Waals surface area contributed by atoms with Crippen LogP contribution in [0.3, 0.4) is 0 Å². The molecule has 0 saturated carbocycles. The number of fused-ring (bicyclic) bond motifs is 1. The molecule has 2 aliphatic heterocycles. The summed E-state index contributed by atoms with van der Waals surface area (Å²) in [4.78, 5) is 16.0. The molecule has 5 rings (SSSR count). The van der Waals surface area contributed by atoms with Crippen molar-refractivity contribution in [3.63, 3.8) is 0 Å². The third-order valence-electron chi connectivity index (χ3n) is 5.83. The Balaban J connectivity index is 1.27. The van der Waals surface area contributed by atoms with Crippen molar-refractivity contribution in [2.45, 2.75) is 32.6 Å². The van der Waals surface area contributed by atoms with Crippen LogP contribution in [-0.4, -0.2) is 46.3 Å². The number of benzene rings is 1. The smallest absolute Gasteiger partial charge is 0.226 e. The zero-order valence-corrected chi connectivity index (χ0v) is 15.6. The number of aryl methyl sites for hydroxylation is 3. The fourth-order valence-electron chi connectivity index (χ4n) is 4.25. The monoisotopic (exact) mass is 364 g/mol. The summed E-state index contributed by atoms with van der Waals surface area (Å²) in [5.74, 6) is 2.23. The summed E-state index contributed by atoms with van der Waals surface area (Å²) in [6.07, 6.45) is 6.09. The summed E-state index contributed by atoms with van der Waals surface area (Å²) in [6.45, 7) is 6.28. The molecule has 2 fully saturated rings. The fourth-order valence-corrected chi connectivity index (χ4v) is 4.25. The summed E-state index contributed by atoms with van der Waals surface area (Å²) in [6, 6.07) is 6.38. The average Bonchev–Trinajstić information content (AvgIpc) is 3.10. The zero-order valence-electron chi connectivity index (χ0n) is 15.6. The van der Waals surface area contributed by atoms with E-state index in [1.807, 2.05) is 13.1 Å². The van der Waals surface area contributed by atoms with Gasteiger partial charge in [0.2, 0.25) is 11.8 Å². The van der Waals surface area contributed by atoms with Gasteiger partial charge in [0.15, 0.2) is 5.82 Å². The maximum atomic E-state index is 5.19. The van der Waals surface area contributed by atoms with Crippen LogP contribution >= 0.6 is 0 Å². The summed E-state index contributed by atoms with van der Waals surface area (Å²) >= 11 is 0. The Kier molecular flexibility index (Phi) is 4.04. The molecule has 0 atom stereocenters. The summed E-state index contributed by atoms with van der Waals surface area (Å²) in [5.41, 5.74) is 2.72. The van der Waals surface area contributed by atoms with E-state index in [0.717, 1.165) is 55.9 Å². The van der Waals surface area contributed by atoms with E-state index in [0.29, 0.717) is 17.1 Å². The molecule has 4 heterocycles. The molecule has 2 saturated heterocycles. The van der Waals surface area contributed by atoms with E-state index in [2.05, 4.69) is 43.5 Å². The van der Waals surface area contributed by atoms with Gasteiger partial charge in [-0.2, -0.15) is 4.98 Å². The van der Waals surface area contributed by atoms with Crippen molar-refractivity contribution in [2.75, 3.05) is 31.1 Å². The van der Waals surface area contributed by atoms with Crippen molar-refractivity contribution >= 4 is 16.9 Å². The average molecular weight is 364 g/mol. The lowest BCUT2D eigenvalue weighted by Crippen LogP contribution is -2.60. The highest BCUT2D eigenvalue weighted by Crippen LogP contribution is 2.40. The van der Waals surface area contributed by atoms with Crippen molar-refractivity contribution in [3.05, 3.63) is 41.7 Å². The Bertz CT molecular complexity index is 954. The van der Waals surface area contributed by atoms with Crippen LogP contribution in [0.25, 0.3) is 10.9 Å². The van der Waals surface area contributed by atoms with Gasteiger partial charge < -0.3 is 14.7 Å². The predicted octanol–water partition coefficient (Wildman–Crippen LogP) is 2.30. The molecule has 0 unspecified atom stereocenters. The molecule has 0 bridgehead atoms. The predicted molar refractivity (Wildman–Crippen MR) is 103 cm³/mol. The Labute approximate surface area is 158 Å². The van der Waals surface area contributed by atoms with Crippen LogP contribution in [0.15, 0.2) is 28.9 Å². The van der Waals surface area contributed by atoms with Crippen LogP contribution in [0.4, 0.5) is 5.95 Å². The van der Waals surface area contributed by atoms with Gasteiger partial charge in [-0.25, -0.2) is 9.97 Å².